The Balaban J connectivity index is 1.15. The van der Waals surface area contributed by atoms with Crippen LogP contribution >= 0.6 is 0 Å². The second-order valence-corrected chi connectivity index (χ2v) is 15.0. The summed E-state index contributed by atoms with van der Waals surface area (Å²) in [6.45, 7) is 12.0. The fourth-order valence-electron chi connectivity index (χ4n) is 5.61. The van der Waals surface area contributed by atoms with Crippen molar-refractivity contribution in [2.45, 2.75) is 95.4 Å². The van der Waals surface area contributed by atoms with Gasteiger partial charge in [0, 0.05) is 12.2 Å². The molecule has 42 heavy (non-hydrogen) atoms. The molecule has 2 fully saturated rings. The molecule has 0 spiro atoms. The zero-order chi connectivity index (χ0) is 30.5. The fraction of sp³-hybridized carbons (Fsp3) is 0.643. The van der Waals surface area contributed by atoms with Gasteiger partial charge in [-0.1, -0.05) is 32.9 Å². The van der Waals surface area contributed by atoms with Crippen LogP contribution in [0.2, 0.25) is 0 Å². The monoisotopic (exact) mass is 603 g/mol. The van der Waals surface area contributed by atoms with Gasteiger partial charge in [-0.05, 0) is 50.3 Å². The molecule has 14 heteroatoms. The molecule has 4 N–H and O–H groups in total. The lowest BCUT2D eigenvalue weighted by Gasteiger charge is -2.37. The third kappa shape index (κ3) is 6.17. The van der Waals surface area contributed by atoms with Crippen LogP contribution in [0.25, 0.3) is 0 Å². The number of amides is 2. The van der Waals surface area contributed by atoms with Crippen LogP contribution in [-0.4, -0.2) is 97.9 Å². The van der Waals surface area contributed by atoms with E-state index in [0.717, 1.165) is 5.56 Å². The largest absolute Gasteiger partial charge is 0.385 e. The number of nitrogens with two attached hydrogens (primary N) is 1. The minimum absolute atomic E-state index is 0.0163. The first-order chi connectivity index (χ1) is 19.6. The molecule has 0 aliphatic carbocycles. The van der Waals surface area contributed by atoms with Crippen molar-refractivity contribution in [3.8, 4) is 0 Å². The maximum absolute atomic E-state index is 13.1. The molecule has 6 atom stereocenters. The van der Waals surface area contributed by atoms with Crippen molar-refractivity contribution in [3.63, 3.8) is 0 Å². The van der Waals surface area contributed by atoms with Crippen molar-refractivity contribution < 1.29 is 27.4 Å². The Morgan fingerprint density at radius 3 is 2.50 bits per heavy atom. The molecular formula is C28H41N7O6S. The normalized spacial score (nSPS) is 31.5. The first kappa shape index (κ1) is 30.4. The summed E-state index contributed by atoms with van der Waals surface area (Å²) in [5.74, 6) is -0.959. The first-order valence-corrected chi connectivity index (χ1v) is 16.0. The Kier molecular flexibility index (Phi) is 7.88. The standard InChI is InChI=1S/C28H41N7O6S/c1-26(2,3)17-8-10-18(11-9-17)34-25(36)30-12-7-13-42(37,38)14-19-20-21(41-27(4,5)40-20)22(39-19)35-16-33-28(6)23(29)31-15-32-24(28)35/h8-11,15-16,19-22,24H,7,12-14H2,1-6H3,(H2,29,31,32)(H2,30,34,36)/t19-,20-,21-,22-,24?,28?/m1/s1. The summed E-state index contributed by atoms with van der Waals surface area (Å²) in [5, 5.41) is 5.50. The number of ether oxygens (including phenoxy) is 3. The minimum atomic E-state index is -3.56. The Labute approximate surface area is 246 Å². The third-order valence-corrected chi connectivity index (χ3v) is 9.68. The number of hydrogen-bond acceptors (Lipinski definition) is 11. The second kappa shape index (κ2) is 10.9. The van der Waals surface area contributed by atoms with E-state index in [1.165, 1.54) is 6.34 Å². The minimum Gasteiger partial charge on any atom is -0.385 e. The average Bonchev–Trinajstić information content (AvgIpc) is 3.51. The van der Waals surface area contributed by atoms with Crippen LogP contribution in [-0.2, 0) is 29.5 Å². The molecule has 4 aliphatic heterocycles. The highest BCUT2D eigenvalue weighted by Crippen LogP contribution is 2.43. The van der Waals surface area contributed by atoms with Crippen molar-refractivity contribution in [2.75, 3.05) is 23.4 Å². The van der Waals surface area contributed by atoms with Gasteiger partial charge in [0.25, 0.3) is 0 Å². The van der Waals surface area contributed by atoms with E-state index in [4.69, 9.17) is 19.9 Å². The smallest absolute Gasteiger partial charge is 0.319 e. The van der Waals surface area contributed by atoms with Gasteiger partial charge in [0.1, 0.15) is 30.5 Å². The van der Waals surface area contributed by atoms with Crippen molar-refractivity contribution in [1.82, 2.24) is 10.2 Å². The maximum atomic E-state index is 13.1. The zero-order valence-corrected chi connectivity index (χ0v) is 25.7. The number of sulfone groups is 1. The molecule has 1 aromatic rings. The SMILES string of the molecule is CC1(C)O[C@@H]2[C@H](O1)[C@@H](CS(=O)(=O)CCCNC(=O)Nc1ccc(C(C)(C)C)cc1)O[C@H]2N1C=NC2(C)C(N)=NC=NC12. The number of benzene rings is 1. The van der Waals surface area contributed by atoms with Gasteiger partial charge < -0.3 is 35.5 Å². The average molecular weight is 604 g/mol. The third-order valence-electron chi connectivity index (χ3n) is 7.93. The molecule has 0 radical (unpaired) electrons. The molecule has 0 saturated carbocycles. The van der Waals surface area contributed by atoms with Gasteiger partial charge in [-0.3, -0.25) is 4.99 Å². The number of carbonyl (C=O) groups excluding carboxylic acids is 1. The van der Waals surface area contributed by atoms with Gasteiger partial charge in [-0.15, -0.1) is 0 Å². The molecule has 1 aromatic carbocycles. The summed E-state index contributed by atoms with van der Waals surface area (Å²) in [4.78, 5) is 27.2. The van der Waals surface area contributed by atoms with E-state index >= 15 is 0 Å². The predicted octanol–water partition coefficient (Wildman–Crippen LogP) is 1.98. The van der Waals surface area contributed by atoms with Gasteiger partial charge in [-0.25, -0.2) is 23.2 Å². The molecule has 0 aromatic heterocycles. The van der Waals surface area contributed by atoms with Crippen LogP contribution in [0.3, 0.4) is 0 Å². The number of hydrogen-bond donors (Lipinski definition) is 3. The summed E-state index contributed by atoms with van der Waals surface area (Å²) in [5.41, 5.74) is 7.10. The molecule has 0 bridgehead atoms. The molecule has 5 rings (SSSR count). The number of aliphatic imine (C=N–C) groups is 3. The Morgan fingerprint density at radius 2 is 1.81 bits per heavy atom. The summed E-state index contributed by atoms with van der Waals surface area (Å²) in [6.07, 6.45) is 0.134. The van der Waals surface area contributed by atoms with Crippen LogP contribution in [0.5, 0.6) is 0 Å². The molecule has 2 unspecified atom stereocenters. The maximum Gasteiger partial charge on any atom is 0.319 e. The predicted molar refractivity (Wildman–Crippen MR) is 161 cm³/mol. The number of carbonyl (C=O) groups is 1. The van der Waals surface area contributed by atoms with Gasteiger partial charge >= 0.3 is 6.03 Å². The Morgan fingerprint density at radius 1 is 1.12 bits per heavy atom. The van der Waals surface area contributed by atoms with Crippen LogP contribution in [0.15, 0.2) is 39.2 Å². The molecule has 230 valence electrons. The fourth-order valence-corrected chi connectivity index (χ4v) is 7.13. The molecule has 13 nitrogen and oxygen atoms in total. The zero-order valence-electron chi connectivity index (χ0n) is 24.9. The van der Waals surface area contributed by atoms with Crippen LogP contribution in [0.4, 0.5) is 10.5 Å². The van der Waals surface area contributed by atoms with Gasteiger partial charge in [0.2, 0.25) is 0 Å². The lowest BCUT2D eigenvalue weighted by molar-refractivity contribution is -0.198. The Hall–Kier alpha value is -3.07. The van der Waals surface area contributed by atoms with Crippen molar-refractivity contribution in [2.24, 2.45) is 20.7 Å². The van der Waals surface area contributed by atoms with Crippen LogP contribution < -0.4 is 16.4 Å². The van der Waals surface area contributed by atoms with Crippen molar-refractivity contribution >= 4 is 40.1 Å². The number of rotatable bonds is 8. The molecule has 4 aliphatic rings. The van der Waals surface area contributed by atoms with E-state index in [-0.39, 0.29) is 29.9 Å². The Bertz CT molecular complexity index is 1390. The lowest BCUT2D eigenvalue weighted by Crippen LogP contribution is -2.56. The summed E-state index contributed by atoms with van der Waals surface area (Å²) >= 11 is 0. The lowest BCUT2D eigenvalue weighted by atomic mass is 9.87. The van der Waals surface area contributed by atoms with E-state index in [0.29, 0.717) is 11.5 Å². The van der Waals surface area contributed by atoms with Crippen molar-refractivity contribution in [3.05, 3.63) is 29.8 Å². The van der Waals surface area contributed by atoms with E-state index in [1.54, 1.807) is 25.1 Å². The summed E-state index contributed by atoms with van der Waals surface area (Å²) in [7, 11) is -3.56. The molecular weight excluding hydrogens is 562 g/mol. The van der Waals surface area contributed by atoms with Gasteiger partial charge in [0.05, 0.1) is 17.8 Å². The second-order valence-electron chi connectivity index (χ2n) is 12.8. The topological polar surface area (TPSA) is 169 Å². The number of fused-ring (bicyclic) bond motifs is 2. The van der Waals surface area contributed by atoms with Gasteiger partial charge in [0.15, 0.2) is 33.6 Å². The van der Waals surface area contributed by atoms with E-state index < -0.39 is 57.9 Å². The number of amidine groups is 1. The summed E-state index contributed by atoms with van der Waals surface area (Å²) in [6, 6.07) is 7.25. The highest BCUT2D eigenvalue weighted by Gasteiger charge is 2.60. The summed E-state index contributed by atoms with van der Waals surface area (Å²) < 4.78 is 44.8. The van der Waals surface area contributed by atoms with Crippen LogP contribution in [0, 0.1) is 0 Å². The number of nitrogens with zero attached hydrogens (tertiary/aromatic N) is 4. The highest BCUT2D eigenvalue weighted by atomic mass is 32.2. The van der Waals surface area contributed by atoms with E-state index in [2.05, 4.69) is 46.4 Å². The molecule has 4 heterocycles. The molecule has 2 amide bonds. The first-order valence-electron chi connectivity index (χ1n) is 14.1. The van der Waals surface area contributed by atoms with Crippen LogP contribution in [0.1, 0.15) is 53.5 Å². The number of nitrogens with one attached hydrogen (secondary N) is 2. The highest BCUT2D eigenvalue weighted by molar-refractivity contribution is 7.91. The quantitative estimate of drug-likeness (QED) is 0.379. The molecule has 2 saturated heterocycles. The van der Waals surface area contributed by atoms with E-state index in [1.807, 2.05) is 31.2 Å². The van der Waals surface area contributed by atoms with Gasteiger partial charge in [-0.2, -0.15) is 0 Å². The van der Waals surface area contributed by atoms with E-state index in [9.17, 15) is 13.2 Å². The number of urea groups is 1. The number of anilines is 1. The van der Waals surface area contributed by atoms with Crippen molar-refractivity contribution in [1.29, 1.82) is 0 Å².